The van der Waals surface area contributed by atoms with E-state index < -0.39 is 11.7 Å². The maximum absolute atomic E-state index is 12.9. The van der Waals surface area contributed by atoms with Crippen LogP contribution >= 0.6 is 0 Å². The van der Waals surface area contributed by atoms with E-state index in [1.165, 1.54) is 19.3 Å². The van der Waals surface area contributed by atoms with Crippen molar-refractivity contribution in [2.24, 2.45) is 0 Å². The Bertz CT molecular complexity index is 653. The van der Waals surface area contributed by atoms with E-state index in [1.807, 2.05) is 6.92 Å². The quantitative estimate of drug-likeness (QED) is 0.906. The second-order valence-electron chi connectivity index (χ2n) is 4.59. The second-order valence-corrected chi connectivity index (χ2v) is 4.59. The van der Waals surface area contributed by atoms with Gasteiger partial charge in [0, 0.05) is 11.3 Å². The SMILES string of the molecule is CCc1c(N)ncnc1Nc1ccc(C)c(C(F)(F)F)c1. The molecular weight excluding hydrogens is 281 g/mol. The van der Waals surface area contributed by atoms with Crippen LogP contribution in [0.3, 0.4) is 0 Å². The van der Waals surface area contributed by atoms with Crippen molar-refractivity contribution in [3.8, 4) is 0 Å². The van der Waals surface area contributed by atoms with E-state index >= 15 is 0 Å². The molecule has 1 aromatic heterocycles. The third kappa shape index (κ3) is 3.24. The van der Waals surface area contributed by atoms with Crippen LogP contribution < -0.4 is 11.1 Å². The molecule has 4 nitrogen and oxygen atoms in total. The third-order valence-electron chi connectivity index (χ3n) is 3.14. The van der Waals surface area contributed by atoms with Gasteiger partial charge in [0.2, 0.25) is 0 Å². The minimum atomic E-state index is -4.39. The van der Waals surface area contributed by atoms with E-state index in [4.69, 9.17) is 5.73 Å². The van der Waals surface area contributed by atoms with Gasteiger partial charge >= 0.3 is 6.18 Å². The van der Waals surface area contributed by atoms with Crippen molar-refractivity contribution < 1.29 is 13.2 Å². The largest absolute Gasteiger partial charge is 0.416 e. The summed E-state index contributed by atoms with van der Waals surface area (Å²) in [7, 11) is 0. The molecule has 0 saturated carbocycles. The fourth-order valence-corrected chi connectivity index (χ4v) is 2.02. The third-order valence-corrected chi connectivity index (χ3v) is 3.14. The van der Waals surface area contributed by atoms with Crippen molar-refractivity contribution >= 4 is 17.3 Å². The molecule has 0 spiro atoms. The molecule has 2 aromatic rings. The molecule has 1 aromatic carbocycles. The van der Waals surface area contributed by atoms with Gasteiger partial charge in [-0.05, 0) is 31.0 Å². The number of alkyl halides is 3. The van der Waals surface area contributed by atoms with Crippen molar-refractivity contribution in [3.05, 3.63) is 41.2 Å². The van der Waals surface area contributed by atoms with Crippen LogP contribution in [0.15, 0.2) is 24.5 Å². The van der Waals surface area contributed by atoms with Crippen LogP contribution in [-0.4, -0.2) is 9.97 Å². The van der Waals surface area contributed by atoms with E-state index in [9.17, 15) is 13.2 Å². The summed E-state index contributed by atoms with van der Waals surface area (Å²) in [4.78, 5) is 7.91. The number of aromatic nitrogens is 2. The first-order chi connectivity index (χ1) is 9.82. The highest BCUT2D eigenvalue weighted by molar-refractivity contribution is 5.64. The predicted molar refractivity (Wildman–Crippen MR) is 75.3 cm³/mol. The first-order valence-electron chi connectivity index (χ1n) is 6.37. The molecule has 0 radical (unpaired) electrons. The number of hydrogen-bond acceptors (Lipinski definition) is 4. The molecule has 112 valence electrons. The van der Waals surface area contributed by atoms with E-state index in [0.29, 0.717) is 29.3 Å². The van der Waals surface area contributed by atoms with E-state index in [0.717, 1.165) is 6.07 Å². The molecule has 1 heterocycles. The molecule has 0 aliphatic rings. The summed E-state index contributed by atoms with van der Waals surface area (Å²) in [6.45, 7) is 3.29. The molecule has 0 amide bonds. The molecule has 7 heteroatoms. The number of rotatable bonds is 3. The van der Waals surface area contributed by atoms with Crippen LogP contribution in [0.5, 0.6) is 0 Å². The van der Waals surface area contributed by atoms with Crippen molar-refractivity contribution in [2.75, 3.05) is 11.1 Å². The number of nitrogen functional groups attached to an aromatic ring is 1. The average Bonchev–Trinajstić information content (AvgIpc) is 2.40. The summed E-state index contributed by atoms with van der Waals surface area (Å²) in [5, 5.41) is 2.87. The first kappa shape index (κ1) is 15.1. The van der Waals surface area contributed by atoms with Gasteiger partial charge in [0.25, 0.3) is 0 Å². The highest BCUT2D eigenvalue weighted by atomic mass is 19.4. The Morgan fingerprint density at radius 3 is 2.57 bits per heavy atom. The lowest BCUT2D eigenvalue weighted by molar-refractivity contribution is -0.138. The lowest BCUT2D eigenvalue weighted by Gasteiger charge is -2.14. The monoisotopic (exact) mass is 296 g/mol. The van der Waals surface area contributed by atoms with Gasteiger partial charge in [0.15, 0.2) is 0 Å². The maximum atomic E-state index is 12.9. The first-order valence-corrected chi connectivity index (χ1v) is 6.37. The fraction of sp³-hybridized carbons (Fsp3) is 0.286. The summed E-state index contributed by atoms with van der Waals surface area (Å²) in [5.74, 6) is 0.736. The second kappa shape index (κ2) is 5.59. The van der Waals surface area contributed by atoms with Crippen LogP contribution in [0.2, 0.25) is 0 Å². The number of nitrogens with zero attached hydrogens (tertiary/aromatic N) is 2. The molecule has 2 rings (SSSR count). The number of hydrogen-bond donors (Lipinski definition) is 2. The molecule has 0 aliphatic carbocycles. The predicted octanol–water partition coefficient (Wildman–Crippen LogP) is 3.69. The van der Waals surface area contributed by atoms with Gasteiger partial charge in [0.05, 0.1) is 5.56 Å². The number of nitrogens with one attached hydrogen (secondary N) is 1. The normalized spacial score (nSPS) is 11.5. The molecule has 0 fully saturated rings. The van der Waals surface area contributed by atoms with Gasteiger partial charge in [-0.1, -0.05) is 13.0 Å². The molecule has 3 N–H and O–H groups in total. The van der Waals surface area contributed by atoms with Gasteiger partial charge in [0.1, 0.15) is 18.0 Å². The topological polar surface area (TPSA) is 63.8 Å². The van der Waals surface area contributed by atoms with E-state index in [2.05, 4.69) is 15.3 Å². The lowest BCUT2D eigenvalue weighted by atomic mass is 10.1. The number of nitrogens with two attached hydrogens (primary N) is 1. The van der Waals surface area contributed by atoms with Crippen molar-refractivity contribution in [1.82, 2.24) is 9.97 Å². The van der Waals surface area contributed by atoms with Crippen molar-refractivity contribution in [1.29, 1.82) is 0 Å². The zero-order chi connectivity index (χ0) is 15.6. The van der Waals surface area contributed by atoms with Gasteiger partial charge in [-0.3, -0.25) is 0 Å². The minimum absolute atomic E-state index is 0.172. The average molecular weight is 296 g/mol. The summed E-state index contributed by atoms with van der Waals surface area (Å²) >= 11 is 0. The Balaban J connectivity index is 2.39. The Hall–Kier alpha value is -2.31. The molecule has 0 atom stereocenters. The number of halogens is 3. The zero-order valence-electron chi connectivity index (χ0n) is 11.6. The van der Waals surface area contributed by atoms with E-state index in [1.54, 1.807) is 6.07 Å². The van der Waals surface area contributed by atoms with Crippen LogP contribution in [0.4, 0.5) is 30.5 Å². The van der Waals surface area contributed by atoms with Crippen LogP contribution in [-0.2, 0) is 12.6 Å². The Kier molecular flexibility index (Phi) is 4.02. The Morgan fingerprint density at radius 2 is 1.95 bits per heavy atom. The van der Waals surface area contributed by atoms with Crippen molar-refractivity contribution in [2.45, 2.75) is 26.4 Å². The molecule has 0 saturated heterocycles. The molecular formula is C14H15F3N4. The van der Waals surface area contributed by atoms with Crippen LogP contribution in [0.25, 0.3) is 0 Å². The highest BCUT2D eigenvalue weighted by Gasteiger charge is 2.32. The summed E-state index contributed by atoms with van der Waals surface area (Å²) < 4.78 is 38.7. The highest BCUT2D eigenvalue weighted by Crippen LogP contribution is 2.34. The van der Waals surface area contributed by atoms with Gasteiger partial charge in [-0.25, -0.2) is 9.97 Å². The molecule has 21 heavy (non-hydrogen) atoms. The van der Waals surface area contributed by atoms with Crippen LogP contribution in [0, 0.1) is 6.92 Å². The van der Waals surface area contributed by atoms with Crippen LogP contribution in [0.1, 0.15) is 23.6 Å². The molecule has 0 aliphatic heterocycles. The number of benzene rings is 1. The number of aryl methyl sites for hydroxylation is 1. The van der Waals surface area contributed by atoms with E-state index in [-0.39, 0.29) is 5.56 Å². The van der Waals surface area contributed by atoms with Crippen molar-refractivity contribution in [3.63, 3.8) is 0 Å². The molecule has 0 unspecified atom stereocenters. The summed E-state index contributed by atoms with van der Waals surface area (Å²) in [6, 6.07) is 4.05. The fourth-order valence-electron chi connectivity index (χ4n) is 2.02. The minimum Gasteiger partial charge on any atom is -0.383 e. The van der Waals surface area contributed by atoms with Gasteiger partial charge < -0.3 is 11.1 Å². The number of anilines is 3. The summed E-state index contributed by atoms with van der Waals surface area (Å²) in [5.41, 5.74) is 6.22. The van der Waals surface area contributed by atoms with Gasteiger partial charge in [-0.2, -0.15) is 13.2 Å². The standard InChI is InChI=1S/C14H15F3N4/c1-3-10-12(18)19-7-20-13(10)21-9-5-4-8(2)11(6-9)14(15,16)17/h4-7H,3H2,1-2H3,(H3,18,19,20,21). The maximum Gasteiger partial charge on any atom is 0.416 e. The summed E-state index contributed by atoms with van der Waals surface area (Å²) in [6.07, 6.45) is -2.54. The Morgan fingerprint density at radius 1 is 1.24 bits per heavy atom. The Labute approximate surface area is 120 Å². The molecule has 0 bridgehead atoms. The smallest absolute Gasteiger partial charge is 0.383 e. The van der Waals surface area contributed by atoms with Gasteiger partial charge in [-0.15, -0.1) is 0 Å². The lowest BCUT2D eigenvalue weighted by Crippen LogP contribution is -2.09. The zero-order valence-corrected chi connectivity index (χ0v) is 11.6.